The van der Waals surface area contributed by atoms with E-state index >= 15 is 0 Å². The van der Waals surface area contributed by atoms with E-state index in [1.165, 1.54) is 12.1 Å². The maximum absolute atomic E-state index is 13.3. The second-order valence-corrected chi connectivity index (χ2v) is 6.19. The Balaban J connectivity index is 2.74. The fraction of sp³-hybridized carbons (Fsp3) is 0.500. The molecular formula is C14H21ClFN3O. The minimum Gasteiger partial charge on any atom is -0.332 e. The van der Waals surface area contributed by atoms with Gasteiger partial charge in [0, 0.05) is 12.1 Å². The number of benzene rings is 1. The first-order valence-corrected chi connectivity index (χ1v) is 6.68. The number of rotatable bonds is 4. The predicted octanol–water partition coefficient (Wildman–Crippen LogP) is 3.25. The van der Waals surface area contributed by atoms with E-state index in [-0.39, 0.29) is 11.1 Å². The van der Waals surface area contributed by atoms with Crippen molar-refractivity contribution >= 4 is 23.3 Å². The summed E-state index contributed by atoms with van der Waals surface area (Å²) in [4.78, 5) is 13.9. The molecule has 112 valence electrons. The third-order valence-electron chi connectivity index (χ3n) is 2.66. The monoisotopic (exact) mass is 301 g/mol. The number of hydrogen-bond acceptors (Lipinski definition) is 2. The summed E-state index contributed by atoms with van der Waals surface area (Å²) in [6, 6.07) is 2.33. The highest BCUT2D eigenvalue weighted by Crippen LogP contribution is 2.25. The summed E-state index contributed by atoms with van der Waals surface area (Å²) < 4.78 is 13.3. The highest BCUT2D eigenvalue weighted by Gasteiger charge is 2.21. The van der Waals surface area contributed by atoms with Gasteiger partial charge in [0.25, 0.3) is 0 Å². The van der Waals surface area contributed by atoms with Crippen LogP contribution in [0.15, 0.2) is 12.1 Å². The summed E-state index contributed by atoms with van der Waals surface area (Å²) in [7, 11) is 3.86. The zero-order valence-electron chi connectivity index (χ0n) is 12.5. The van der Waals surface area contributed by atoms with Gasteiger partial charge in [-0.1, -0.05) is 11.6 Å². The quantitative estimate of drug-likeness (QED) is 0.896. The van der Waals surface area contributed by atoms with Crippen LogP contribution in [0.4, 0.5) is 14.9 Å². The van der Waals surface area contributed by atoms with E-state index < -0.39 is 11.4 Å². The van der Waals surface area contributed by atoms with Crippen molar-refractivity contribution < 1.29 is 9.18 Å². The van der Waals surface area contributed by atoms with Crippen molar-refractivity contribution in [1.29, 1.82) is 0 Å². The number of likely N-dealkylation sites (N-methyl/N-ethyl adjacent to an activating group) is 1. The van der Waals surface area contributed by atoms with E-state index in [0.29, 0.717) is 17.8 Å². The molecule has 1 rings (SSSR count). The summed E-state index contributed by atoms with van der Waals surface area (Å²) in [5.41, 5.74) is 0.427. The Morgan fingerprint density at radius 3 is 2.55 bits per heavy atom. The van der Waals surface area contributed by atoms with Crippen molar-refractivity contribution in [3.05, 3.63) is 28.5 Å². The SMILES string of the molecule is Cc1cc(NC(=O)NC(C)(C)CN(C)C)c(Cl)cc1F. The number of aryl methyl sites for hydroxylation is 1. The van der Waals surface area contributed by atoms with E-state index in [4.69, 9.17) is 11.6 Å². The van der Waals surface area contributed by atoms with Crippen LogP contribution >= 0.6 is 11.6 Å². The number of hydrogen-bond donors (Lipinski definition) is 2. The largest absolute Gasteiger partial charge is 0.332 e. The molecule has 0 aromatic heterocycles. The molecule has 0 atom stereocenters. The average Bonchev–Trinajstić information content (AvgIpc) is 2.22. The van der Waals surface area contributed by atoms with E-state index in [0.717, 1.165) is 0 Å². The van der Waals surface area contributed by atoms with Gasteiger partial charge in [0.2, 0.25) is 0 Å². The lowest BCUT2D eigenvalue weighted by Crippen LogP contribution is -2.51. The van der Waals surface area contributed by atoms with E-state index in [1.54, 1.807) is 6.92 Å². The van der Waals surface area contributed by atoms with Crippen LogP contribution in [-0.4, -0.2) is 37.1 Å². The summed E-state index contributed by atoms with van der Waals surface area (Å²) in [6.45, 7) is 6.15. The van der Waals surface area contributed by atoms with Gasteiger partial charge >= 0.3 is 6.03 Å². The minimum absolute atomic E-state index is 0.175. The molecule has 0 heterocycles. The van der Waals surface area contributed by atoms with Crippen LogP contribution in [0.2, 0.25) is 5.02 Å². The number of amides is 2. The molecular weight excluding hydrogens is 281 g/mol. The van der Waals surface area contributed by atoms with Gasteiger partial charge in [0.15, 0.2) is 0 Å². The predicted molar refractivity (Wildman–Crippen MR) is 80.9 cm³/mol. The van der Waals surface area contributed by atoms with Gasteiger partial charge in [-0.25, -0.2) is 9.18 Å². The van der Waals surface area contributed by atoms with Gasteiger partial charge in [-0.2, -0.15) is 0 Å². The number of nitrogens with one attached hydrogen (secondary N) is 2. The molecule has 2 N–H and O–H groups in total. The normalized spacial score (nSPS) is 11.6. The number of carbonyl (C=O) groups is 1. The Morgan fingerprint density at radius 2 is 2.00 bits per heavy atom. The Morgan fingerprint density at radius 1 is 1.40 bits per heavy atom. The first kappa shape index (κ1) is 16.7. The van der Waals surface area contributed by atoms with Crippen molar-refractivity contribution in [2.75, 3.05) is 26.0 Å². The second-order valence-electron chi connectivity index (χ2n) is 5.78. The number of nitrogens with zero attached hydrogens (tertiary/aromatic N) is 1. The number of anilines is 1. The van der Waals surface area contributed by atoms with Crippen molar-refractivity contribution in [1.82, 2.24) is 10.2 Å². The Hall–Kier alpha value is -1.33. The van der Waals surface area contributed by atoms with Crippen molar-refractivity contribution in [2.24, 2.45) is 0 Å². The van der Waals surface area contributed by atoms with Gasteiger partial charge < -0.3 is 15.5 Å². The zero-order valence-corrected chi connectivity index (χ0v) is 13.2. The molecule has 0 aliphatic rings. The molecule has 0 saturated heterocycles. The fourth-order valence-electron chi connectivity index (χ4n) is 2.04. The second kappa shape index (κ2) is 6.41. The number of urea groups is 1. The molecule has 20 heavy (non-hydrogen) atoms. The number of halogens is 2. The van der Waals surface area contributed by atoms with Crippen LogP contribution in [0, 0.1) is 12.7 Å². The molecule has 1 aromatic carbocycles. The highest BCUT2D eigenvalue weighted by atomic mass is 35.5. The van der Waals surface area contributed by atoms with E-state index in [1.807, 2.05) is 32.8 Å². The smallest absolute Gasteiger partial charge is 0.319 e. The summed E-state index contributed by atoms with van der Waals surface area (Å²) >= 11 is 5.91. The highest BCUT2D eigenvalue weighted by molar-refractivity contribution is 6.33. The summed E-state index contributed by atoms with van der Waals surface area (Å²) in [6.07, 6.45) is 0. The lowest BCUT2D eigenvalue weighted by Gasteiger charge is -2.29. The first-order chi connectivity index (χ1) is 9.10. The molecule has 0 radical (unpaired) electrons. The molecule has 0 aliphatic carbocycles. The van der Waals surface area contributed by atoms with Crippen LogP contribution in [0.5, 0.6) is 0 Å². The Kier molecular flexibility index (Phi) is 5.36. The van der Waals surface area contributed by atoms with E-state index in [2.05, 4.69) is 10.6 Å². The molecule has 0 bridgehead atoms. The molecule has 6 heteroatoms. The molecule has 1 aromatic rings. The standard InChI is InChI=1S/C14H21ClFN3O/c1-9-6-12(10(15)7-11(9)16)17-13(20)18-14(2,3)8-19(4)5/h6-7H,8H2,1-5H3,(H2,17,18,20). The molecule has 0 aliphatic heterocycles. The molecule has 0 spiro atoms. The molecule has 2 amide bonds. The Bertz CT molecular complexity index is 503. The van der Waals surface area contributed by atoms with Crippen molar-refractivity contribution in [2.45, 2.75) is 26.3 Å². The van der Waals surface area contributed by atoms with Crippen LogP contribution in [0.1, 0.15) is 19.4 Å². The van der Waals surface area contributed by atoms with E-state index in [9.17, 15) is 9.18 Å². The van der Waals surface area contributed by atoms with Crippen molar-refractivity contribution in [3.8, 4) is 0 Å². The molecule has 0 fully saturated rings. The van der Waals surface area contributed by atoms with Gasteiger partial charge in [0.1, 0.15) is 5.82 Å². The minimum atomic E-state index is -0.395. The third-order valence-corrected chi connectivity index (χ3v) is 2.97. The third kappa shape index (κ3) is 4.98. The maximum Gasteiger partial charge on any atom is 0.319 e. The van der Waals surface area contributed by atoms with Gasteiger partial charge in [-0.3, -0.25) is 0 Å². The van der Waals surface area contributed by atoms with Crippen LogP contribution in [0.3, 0.4) is 0 Å². The van der Waals surface area contributed by atoms with Crippen molar-refractivity contribution in [3.63, 3.8) is 0 Å². The summed E-state index contributed by atoms with van der Waals surface area (Å²) in [5, 5.41) is 5.67. The Labute approximate surface area is 124 Å². The topological polar surface area (TPSA) is 44.4 Å². The van der Waals surface area contributed by atoms with Gasteiger partial charge in [0.05, 0.1) is 10.7 Å². The average molecular weight is 302 g/mol. The van der Waals surface area contributed by atoms with Crippen LogP contribution in [0.25, 0.3) is 0 Å². The zero-order chi connectivity index (χ0) is 15.5. The summed E-state index contributed by atoms with van der Waals surface area (Å²) in [5.74, 6) is -0.395. The van der Waals surface area contributed by atoms with Gasteiger partial charge in [-0.05, 0) is 52.6 Å². The van der Waals surface area contributed by atoms with Gasteiger partial charge in [-0.15, -0.1) is 0 Å². The molecule has 0 saturated carbocycles. The first-order valence-electron chi connectivity index (χ1n) is 6.30. The molecule has 0 unspecified atom stereocenters. The molecule has 4 nitrogen and oxygen atoms in total. The number of carbonyl (C=O) groups excluding carboxylic acids is 1. The maximum atomic E-state index is 13.3. The van der Waals surface area contributed by atoms with Crippen LogP contribution in [-0.2, 0) is 0 Å². The lowest BCUT2D eigenvalue weighted by molar-refractivity contribution is 0.229. The fourth-order valence-corrected chi connectivity index (χ4v) is 2.24. The lowest BCUT2D eigenvalue weighted by atomic mass is 10.1. The van der Waals surface area contributed by atoms with Crippen LogP contribution < -0.4 is 10.6 Å².